The molecule has 1 aromatic heterocycles. The number of methoxy groups -OCH3 is 2. The number of aromatic nitrogens is 1. The number of aliphatic carboxylic acids is 2. The number of rotatable bonds is 9. The van der Waals surface area contributed by atoms with E-state index in [0.29, 0.717) is 16.4 Å². The van der Waals surface area contributed by atoms with Crippen LogP contribution in [0.25, 0.3) is 11.0 Å². The molecule has 2 N–H and O–H groups in total. The van der Waals surface area contributed by atoms with E-state index < -0.39 is 42.5 Å². The number of nitrogens with zero attached hydrogens (tertiary/aromatic N) is 3. The van der Waals surface area contributed by atoms with Crippen molar-refractivity contribution in [2.24, 2.45) is 5.92 Å². The van der Waals surface area contributed by atoms with Crippen LogP contribution in [0.1, 0.15) is 13.8 Å². The highest BCUT2D eigenvalue weighted by Gasteiger charge is 2.36. The van der Waals surface area contributed by atoms with Crippen LogP contribution in [0, 0.1) is 5.92 Å². The molecular formula is C26H25N3O9S4. The van der Waals surface area contributed by atoms with Crippen LogP contribution >= 0.6 is 47.1 Å². The third kappa shape index (κ3) is 6.25. The number of thioether (sulfide) groups is 2. The Morgan fingerprint density at radius 2 is 1.71 bits per heavy atom. The molecule has 2 aromatic rings. The first-order chi connectivity index (χ1) is 19.9. The van der Waals surface area contributed by atoms with Crippen LogP contribution in [0.5, 0.6) is 5.75 Å². The van der Waals surface area contributed by atoms with Crippen molar-refractivity contribution in [3.05, 3.63) is 48.4 Å². The van der Waals surface area contributed by atoms with Crippen molar-refractivity contribution in [2.45, 2.75) is 25.3 Å². The lowest BCUT2D eigenvalue weighted by atomic mass is 10.0. The van der Waals surface area contributed by atoms with E-state index in [1.54, 1.807) is 23.1 Å². The normalized spacial score (nSPS) is 17.7. The summed E-state index contributed by atoms with van der Waals surface area (Å²) in [5.41, 5.74) is 0.767. The minimum atomic E-state index is -1.30. The second-order valence-electron chi connectivity index (χ2n) is 9.20. The highest BCUT2D eigenvalue weighted by atomic mass is 32.2. The van der Waals surface area contributed by atoms with Gasteiger partial charge in [0.25, 0.3) is 11.5 Å². The molecule has 1 fully saturated rings. The standard InChI is InChI=1S/C26H25N3O9S4/c1-12(2)14(24-27(11-20(34)38-4)15-7-13(37-3)5-6-16(15)40-24)8-17-22(35)28(9-18(30)31)25(41-17)21-23(36)29(10-19(32)33)26(39)42-21/h5-8,12H,9-11H2,1-4H3,(H,30,31)(H,32,33)/b17-8-,24-14-,25-21-. The van der Waals surface area contributed by atoms with Crippen LogP contribution < -0.4 is 24.4 Å². The molecule has 2 aliphatic rings. The number of amides is 1. The largest absolute Gasteiger partial charge is 0.497 e. The molecule has 0 aliphatic carbocycles. The number of anilines is 1. The predicted octanol–water partition coefficient (Wildman–Crippen LogP) is 1.49. The smallest absolute Gasteiger partial charge is 0.325 e. The first-order valence-corrected chi connectivity index (χ1v) is 15.1. The van der Waals surface area contributed by atoms with Crippen molar-refractivity contribution in [3.63, 3.8) is 0 Å². The van der Waals surface area contributed by atoms with Crippen molar-refractivity contribution < 1.29 is 38.9 Å². The highest BCUT2D eigenvalue weighted by molar-refractivity contribution is 8.30. The highest BCUT2D eigenvalue weighted by Crippen LogP contribution is 2.49. The van der Waals surface area contributed by atoms with Crippen LogP contribution in [0.4, 0.5) is 5.69 Å². The maximum absolute atomic E-state index is 13.6. The summed E-state index contributed by atoms with van der Waals surface area (Å²) >= 11 is 8.31. The predicted molar refractivity (Wildman–Crippen MR) is 163 cm³/mol. The van der Waals surface area contributed by atoms with Crippen molar-refractivity contribution in [1.29, 1.82) is 0 Å². The molecule has 16 heteroatoms. The Morgan fingerprint density at radius 1 is 1.02 bits per heavy atom. The Bertz CT molecular complexity index is 1720. The molecular weight excluding hydrogens is 627 g/mol. The fourth-order valence-electron chi connectivity index (χ4n) is 4.14. The number of esters is 1. The van der Waals surface area contributed by atoms with E-state index in [9.17, 15) is 34.2 Å². The summed E-state index contributed by atoms with van der Waals surface area (Å²) in [6, 6.07) is 5.46. The third-order valence-corrected chi connectivity index (χ3v) is 10.0. The lowest BCUT2D eigenvalue weighted by molar-refractivity contribution is -0.140. The lowest BCUT2D eigenvalue weighted by Gasteiger charge is -2.22. The van der Waals surface area contributed by atoms with Gasteiger partial charge in [-0.15, -0.1) is 11.3 Å². The average Bonchev–Trinajstić information content (AvgIpc) is 3.53. The van der Waals surface area contributed by atoms with Crippen molar-refractivity contribution in [2.75, 3.05) is 32.2 Å². The third-order valence-electron chi connectivity index (χ3n) is 6.12. The number of allylic oxidation sites excluding steroid dienone is 1. The second-order valence-corrected chi connectivity index (χ2v) is 12.9. The van der Waals surface area contributed by atoms with Crippen LogP contribution in [0.2, 0.25) is 0 Å². The molecule has 0 unspecified atom stereocenters. The summed E-state index contributed by atoms with van der Waals surface area (Å²) in [5.74, 6) is -3.34. The van der Waals surface area contributed by atoms with Gasteiger partial charge in [-0.3, -0.25) is 33.4 Å². The van der Waals surface area contributed by atoms with Crippen molar-refractivity contribution in [3.8, 4) is 5.75 Å². The molecule has 1 aromatic carbocycles. The molecule has 222 valence electrons. The van der Waals surface area contributed by atoms with Gasteiger partial charge in [0.1, 0.15) is 39.3 Å². The quantitative estimate of drug-likeness (QED) is 0.297. The minimum Gasteiger partial charge on any atom is -0.497 e. The zero-order valence-corrected chi connectivity index (χ0v) is 26.0. The zero-order valence-electron chi connectivity index (χ0n) is 22.7. The van der Waals surface area contributed by atoms with Gasteiger partial charge in [-0.05, 0) is 29.7 Å². The summed E-state index contributed by atoms with van der Waals surface area (Å²) in [6.07, 6.45) is 1.63. The molecule has 0 atom stereocenters. The Hall–Kier alpha value is -3.60. The van der Waals surface area contributed by atoms with Crippen LogP contribution in [0.15, 0.2) is 38.5 Å². The molecule has 0 bridgehead atoms. The second kappa shape index (κ2) is 12.7. The van der Waals surface area contributed by atoms with E-state index in [2.05, 4.69) is 0 Å². The number of ether oxygens (including phenoxy) is 2. The topological polar surface area (TPSA) is 156 Å². The maximum Gasteiger partial charge on any atom is 0.325 e. The van der Waals surface area contributed by atoms with Gasteiger partial charge >= 0.3 is 17.9 Å². The summed E-state index contributed by atoms with van der Waals surface area (Å²) in [4.78, 5) is 65.5. The summed E-state index contributed by atoms with van der Waals surface area (Å²) < 4.78 is 11.5. The van der Waals surface area contributed by atoms with E-state index in [1.807, 2.05) is 19.9 Å². The first-order valence-electron chi connectivity index (χ1n) is 12.2. The van der Waals surface area contributed by atoms with Crippen LogP contribution in [-0.4, -0.2) is 75.1 Å². The van der Waals surface area contributed by atoms with E-state index in [4.69, 9.17) is 21.7 Å². The Balaban J connectivity index is 1.96. The summed E-state index contributed by atoms with van der Waals surface area (Å²) in [5, 5.41) is 19.4. The molecule has 1 amide bonds. The molecule has 0 saturated carbocycles. The maximum atomic E-state index is 13.6. The molecule has 0 radical (unpaired) electrons. The van der Waals surface area contributed by atoms with Crippen LogP contribution in [0.3, 0.4) is 0 Å². The zero-order chi connectivity index (χ0) is 30.9. The van der Waals surface area contributed by atoms with Gasteiger partial charge in [-0.2, -0.15) is 0 Å². The number of thiazole rings is 1. The number of fused-ring (bicyclic) bond motifs is 1. The number of benzene rings is 1. The summed E-state index contributed by atoms with van der Waals surface area (Å²) in [6.45, 7) is 2.34. The number of carboxylic acids is 2. The van der Waals surface area contributed by atoms with E-state index >= 15 is 0 Å². The van der Waals surface area contributed by atoms with Crippen molar-refractivity contribution in [1.82, 2.24) is 9.47 Å². The summed E-state index contributed by atoms with van der Waals surface area (Å²) in [7, 11) is 2.83. The number of hydrogen-bond acceptors (Lipinski definition) is 12. The molecule has 2 aliphatic heterocycles. The fraction of sp³-hybridized carbons (Fsp3) is 0.308. The lowest BCUT2D eigenvalue weighted by Crippen LogP contribution is -2.37. The number of carboxylic acid groups (broad SMARTS) is 2. The molecule has 4 rings (SSSR count). The van der Waals surface area contributed by atoms with E-state index in [1.165, 1.54) is 26.0 Å². The molecule has 12 nitrogen and oxygen atoms in total. The van der Waals surface area contributed by atoms with Gasteiger partial charge in [0.15, 0.2) is 0 Å². The van der Waals surface area contributed by atoms with Gasteiger partial charge in [-0.25, -0.2) is 0 Å². The minimum absolute atomic E-state index is 0.00959. The molecule has 1 saturated heterocycles. The molecule has 42 heavy (non-hydrogen) atoms. The number of thiocarbonyl (C=S) groups is 1. The van der Waals surface area contributed by atoms with Gasteiger partial charge in [-0.1, -0.05) is 49.6 Å². The fourth-order valence-corrected chi connectivity index (χ4v) is 7.95. The first kappa shape index (κ1) is 31.3. The SMILES string of the molecule is COC(=O)CN1/C(=C(\C=c2/s/c(=C3\SC(=S)N(CC(=O)O)C3=O)n(CC(=O)O)c2=O)C(C)C)Sc2ccc(OC)cc21. The van der Waals surface area contributed by atoms with Gasteiger partial charge < -0.3 is 24.6 Å². The molecule has 0 spiro atoms. The number of hydrogen-bond donors (Lipinski definition) is 2. The Labute approximate surface area is 256 Å². The van der Waals surface area contributed by atoms with Crippen LogP contribution in [-0.2, 0) is 30.5 Å². The Kier molecular flexibility index (Phi) is 9.50. The molecule has 3 heterocycles. The van der Waals surface area contributed by atoms with Gasteiger partial charge in [0.05, 0.1) is 29.5 Å². The van der Waals surface area contributed by atoms with E-state index in [-0.39, 0.29) is 30.9 Å². The van der Waals surface area contributed by atoms with Gasteiger partial charge in [0, 0.05) is 11.0 Å². The number of carbonyl (C=O) groups excluding carboxylic acids is 2. The van der Waals surface area contributed by atoms with Crippen molar-refractivity contribution >= 4 is 91.9 Å². The monoisotopic (exact) mass is 651 g/mol. The van der Waals surface area contributed by atoms with E-state index in [0.717, 1.165) is 43.1 Å². The average molecular weight is 652 g/mol. The number of carbonyl (C=O) groups is 4. The Morgan fingerprint density at radius 3 is 2.31 bits per heavy atom. The van der Waals surface area contributed by atoms with Gasteiger partial charge in [0.2, 0.25) is 0 Å².